The number of aromatic nitrogens is 3. The van der Waals surface area contributed by atoms with E-state index in [-0.39, 0.29) is 23.7 Å². The number of rotatable bonds is 6. The molecule has 0 spiro atoms. The van der Waals surface area contributed by atoms with E-state index < -0.39 is 0 Å². The monoisotopic (exact) mass is 365 g/mol. The second kappa shape index (κ2) is 8.21. The number of hydrogen-bond acceptors (Lipinski definition) is 5. The van der Waals surface area contributed by atoms with Crippen LogP contribution in [0.25, 0.3) is 0 Å². The molecule has 2 atom stereocenters. The van der Waals surface area contributed by atoms with Crippen LogP contribution in [-0.2, 0) is 11.3 Å². The SMILES string of the molecule is CCn1c(SCC(=O)NC(=O)NC2CCCCC2C)nnc1C1CC1. The number of carbonyl (C=O) groups is 2. The Morgan fingerprint density at radius 2 is 1.96 bits per heavy atom. The fraction of sp³-hybridized carbons (Fsp3) is 0.765. The minimum atomic E-state index is -0.389. The van der Waals surface area contributed by atoms with E-state index >= 15 is 0 Å². The van der Waals surface area contributed by atoms with Crippen LogP contribution in [0.4, 0.5) is 4.79 Å². The fourth-order valence-corrected chi connectivity index (χ4v) is 4.18. The Bertz CT molecular complexity index is 629. The normalized spacial score (nSPS) is 23.3. The van der Waals surface area contributed by atoms with Gasteiger partial charge in [0.25, 0.3) is 0 Å². The maximum atomic E-state index is 12.1. The summed E-state index contributed by atoms with van der Waals surface area (Å²) in [5.41, 5.74) is 0. The molecular weight excluding hydrogens is 338 g/mol. The standard InChI is InChI=1S/C17H27N5O2S/c1-3-22-15(12-8-9-12)20-21-17(22)25-10-14(23)19-16(24)18-13-7-5-4-6-11(13)2/h11-13H,3-10H2,1-2H3,(H2,18,19,23,24). The average molecular weight is 366 g/mol. The second-order valence-electron chi connectivity index (χ2n) is 7.04. The quantitative estimate of drug-likeness (QED) is 0.757. The van der Waals surface area contributed by atoms with Crippen molar-refractivity contribution in [2.45, 2.75) is 76.0 Å². The van der Waals surface area contributed by atoms with Crippen molar-refractivity contribution >= 4 is 23.7 Å². The molecule has 7 nitrogen and oxygen atoms in total. The maximum Gasteiger partial charge on any atom is 0.321 e. The summed E-state index contributed by atoms with van der Waals surface area (Å²) in [6.45, 7) is 5.00. The van der Waals surface area contributed by atoms with E-state index in [9.17, 15) is 9.59 Å². The lowest BCUT2D eigenvalue weighted by molar-refractivity contribution is -0.117. The molecule has 0 aliphatic heterocycles. The highest BCUT2D eigenvalue weighted by molar-refractivity contribution is 7.99. The first-order valence-corrected chi connectivity index (χ1v) is 10.2. The minimum absolute atomic E-state index is 0.163. The predicted molar refractivity (Wildman–Crippen MR) is 96.5 cm³/mol. The molecule has 2 unspecified atom stereocenters. The average Bonchev–Trinajstić information content (AvgIpc) is 3.35. The predicted octanol–water partition coefficient (Wildman–Crippen LogP) is 2.67. The highest BCUT2D eigenvalue weighted by Gasteiger charge is 2.30. The summed E-state index contributed by atoms with van der Waals surface area (Å²) in [4.78, 5) is 24.1. The molecule has 1 aromatic heterocycles. The molecule has 0 bridgehead atoms. The Kier molecular flexibility index (Phi) is 5.98. The number of amides is 3. The lowest BCUT2D eigenvalue weighted by atomic mass is 9.86. The van der Waals surface area contributed by atoms with Gasteiger partial charge in [-0.3, -0.25) is 10.1 Å². The molecule has 0 saturated heterocycles. The van der Waals surface area contributed by atoms with E-state index in [0.29, 0.717) is 11.8 Å². The van der Waals surface area contributed by atoms with Crippen LogP contribution in [-0.4, -0.2) is 38.5 Å². The Morgan fingerprint density at radius 3 is 2.64 bits per heavy atom. The molecule has 1 aromatic rings. The Labute approximate surface area is 152 Å². The van der Waals surface area contributed by atoms with Crippen LogP contribution in [0.5, 0.6) is 0 Å². The molecule has 1 heterocycles. The topological polar surface area (TPSA) is 88.9 Å². The zero-order chi connectivity index (χ0) is 17.8. The zero-order valence-corrected chi connectivity index (χ0v) is 15.8. The molecule has 2 aliphatic carbocycles. The Morgan fingerprint density at radius 1 is 1.20 bits per heavy atom. The van der Waals surface area contributed by atoms with Crippen LogP contribution < -0.4 is 10.6 Å². The molecule has 2 aliphatic rings. The second-order valence-corrected chi connectivity index (χ2v) is 7.98. The molecule has 8 heteroatoms. The Balaban J connectivity index is 1.45. The first-order chi connectivity index (χ1) is 12.1. The van der Waals surface area contributed by atoms with Gasteiger partial charge in [0.15, 0.2) is 5.16 Å². The van der Waals surface area contributed by atoms with E-state index in [4.69, 9.17) is 0 Å². The summed E-state index contributed by atoms with van der Waals surface area (Å²) in [6.07, 6.45) is 6.81. The molecule has 2 saturated carbocycles. The molecule has 25 heavy (non-hydrogen) atoms. The van der Waals surface area contributed by atoms with Crippen molar-refractivity contribution in [3.8, 4) is 0 Å². The van der Waals surface area contributed by atoms with Gasteiger partial charge in [0.05, 0.1) is 5.75 Å². The third kappa shape index (κ3) is 4.74. The summed E-state index contributed by atoms with van der Waals surface area (Å²) >= 11 is 1.33. The molecular formula is C17H27N5O2S. The number of carbonyl (C=O) groups excluding carboxylic acids is 2. The number of nitrogens with one attached hydrogen (secondary N) is 2. The van der Waals surface area contributed by atoms with Crippen LogP contribution in [0.1, 0.15) is 64.1 Å². The number of imide groups is 1. The largest absolute Gasteiger partial charge is 0.335 e. The van der Waals surface area contributed by atoms with Gasteiger partial charge in [0, 0.05) is 18.5 Å². The van der Waals surface area contributed by atoms with Crippen molar-refractivity contribution in [2.24, 2.45) is 5.92 Å². The van der Waals surface area contributed by atoms with Crippen LogP contribution in [0.2, 0.25) is 0 Å². The minimum Gasteiger partial charge on any atom is -0.335 e. The van der Waals surface area contributed by atoms with Gasteiger partial charge in [0.1, 0.15) is 5.82 Å². The van der Waals surface area contributed by atoms with Crippen LogP contribution in [0, 0.1) is 5.92 Å². The van der Waals surface area contributed by atoms with E-state index in [1.807, 2.05) is 0 Å². The summed E-state index contributed by atoms with van der Waals surface area (Å²) in [6, 6.07) is -0.224. The van der Waals surface area contributed by atoms with Crippen molar-refractivity contribution in [3.63, 3.8) is 0 Å². The smallest absolute Gasteiger partial charge is 0.321 e. The molecule has 0 radical (unpaired) electrons. The molecule has 2 N–H and O–H groups in total. The van der Waals surface area contributed by atoms with Gasteiger partial charge in [-0.2, -0.15) is 0 Å². The highest BCUT2D eigenvalue weighted by Crippen LogP contribution is 2.39. The number of hydrogen-bond donors (Lipinski definition) is 2. The van der Waals surface area contributed by atoms with Crippen molar-refractivity contribution < 1.29 is 9.59 Å². The van der Waals surface area contributed by atoms with Gasteiger partial charge in [-0.25, -0.2) is 4.79 Å². The summed E-state index contributed by atoms with van der Waals surface area (Å²) in [7, 11) is 0. The van der Waals surface area contributed by atoms with Gasteiger partial charge < -0.3 is 9.88 Å². The van der Waals surface area contributed by atoms with Gasteiger partial charge in [-0.15, -0.1) is 10.2 Å². The van der Waals surface area contributed by atoms with E-state index in [1.165, 1.54) is 31.0 Å². The van der Waals surface area contributed by atoms with Gasteiger partial charge in [-0.1, -0.05) is 31.5 Å². The zero-order valence-electron chi connectivity index (χ0n) is 15.0. The molecule has 138 valence electrons. The number of nitrogens with zero attached hydrogens (tertiary/aromatic N) is 3. The lowest BCUT2D eigenvalue weighted by Gasteiger charge is -2.29. The van der Waals surface area contributed by atoms with Crippen LogP contribution in [0.15, 0.2) is 5.16 Å². The summed E-state index contributed by atoms with van der Waals surface area (Å²) in [5, 5.41) is 14.6. The van der Waals surface area contributed by atoms with Gasteiger partial charge in [0.2, 0.25) is 5.91 Å². The van der Waals surface area contributed by atoms with Crippen LogP contribution in [0.3, 0.4) is 0 Å². The number of thioether (sulfide) groups is 1. The van der Waals surface area contributed by atoms with Crippen molar-refractivity contribution in [2.75, 3.05) is 5.75 Å². The Hall–Kier alpha value is -1.57. The molecule has 3 amide bonds. The fourth-order valence-electron chi connectivity index (χ4n) is 3.38. The van der Waals surface area contributed by atoms with E-state index in [1.54, 1.807) is 0 Å². The summed E-state index contributed by atoms with van der Waals surface area (Å²) < 4.78 is 2.07. The van der Waals surface area contributed by atoms with E-state index in [0.717, 1.165) is 36.8 Å². The molecule has 0 aromatic carbocycles. The van der Waals surface area contributed by atoms with Crippen molar-refractivity contribution in [1.82, 2.24) is 25.4 Å². The third-order valence-electron chi connectivity index (χ3n) is 5.02. The van der Waals surface area contributed by atoms with Crippen LogP contribution >= 0.6 is 11.8 Å². The van der Waals surface area contributed by atoms with Crippen molar-refractivity contribution in [3.05, 3.63) is 5.82 Å². The molecule has 3 rings (SSSR count). The summed E-state index contributed by atoms with van der Waals surface area (Å²) in [5.74, 6) is 1.88. The highest BCUT2D eigenvalue weighted by atomic mass is 32.2. The van der Waals surface area contributed by atoms with Gasteiger partial charge in [-0.05, 0) is 38.5 Å². The van der Waals surface area contributed by atoms with Gasteiger partial charge >= 0.3 is 6.03 Å². The molecule has 2 fully saturated rings. The first kappa shape index (κ1) is 18.2. The van der Waals surface area contributed by atoms with E-state index in [2.05, 4.69) is 39.2 Å². The lowest BCUT2D eigenvalue weighted by Crippen LogP contribution is -2.48. The number of urea groups is 1. The van der Waals surface area contributed by atoms with Crippen molar-refractivity contribution in [1.29, 1.82) is 0 Å². The first-order valence-electron chi connectivity index (χ1n) is 9.24. The third-order valence-corrected chi connectivity index (χ3v) is 5.98. The maximum absolute atomic E-state index is 12.1.